The smallest absolute Gasteiger partial charge is 0.269 e. The lowest BCUT2D eigenvalue weighted by atomic mass is 9.85. The summed E-state index contributed by atoms with van der Waals surface area (Å²) >= 11 is 0. The van der Waals surface area contributed by atoms with Crippen LogP contribution in [0.1, 0.15) is 30.9 Å². The summed E-state index contributed by atoms with van der Waals surface area (Å²) in [5.41, 5.74) is 0.536. The fourth-order valence-corrected chi connectivity index (χ4v) is 1.95. The molecule has 0 bridgehead atoms. The van der Waals surface area contributed by atoms with Crippen LogP contribution in [0, 0.1) is 16.0 Å². The number of hydrogen-bond acceptors (Lipinski definition) is 4. The highest BCUT2D eigenvalue weighted by Crippen LogP contribution is 2.26. The summed E-state index contributed by atoms with van der Waals surface area (Å²) in [7, 11) is 0. The number of aliphatic hydroxyl groups is 1. The number of aliphatic hydroxyl groups excluding tert-OH is 1. The van der Waals surface area contributed by atoms with Crippen LogP contribution in [0.5, 0.6) is 0 Å². The molecule has 2 N–H and O–H groups in total. The number of nitro groups is 1. The quantitative estimate of drug-likeness (QED) is 0.623. The van der Waals surface area contributed by atoms with Gasteiger partial charge in [-0.3, -0.25) is 14.9 Å². The summed E-state index contributed by atoms with van der Waals surface area (Å²) in [6.45, 7) is 0.132. The molecule has 0 heterocycles. The Labute approximate surface area is 110 Å². The molecule has 1 fully saturated rings. The Morgan fingerprint density at radius 2 is 2.05 bits per heavy atom. The van der Waals surface area contributed by atoms with Gasteiger partial charge in [0.1, 0.15) is 0 Å². The van der Waals surface area contributed by atoms with Crippen LogP contribution >= 0.6 is 0 Å². The van der Waals surface area contributed by atoms with Crippen LogP contribution in [0.15, 0.2) is 24.3 Å². The van der Waals surface area contributed by atoms with Crippen molar-refractivity contribution < 1.29 is 14.8 Å². The summed E-state index contributed by atoms with van der Waals surface area (Å²) < 4.78 is 0. The zero-order valence-corrected chi connectivity index (χ0v) is 10.4. The van der Waals surface area contributed by atoms with Gasteiger partial charge in [-0.05, 0) is 30.5 Å². The van der Waals surface area contributed by atoms with E-state index in [2.05, 4.69) is 5.32 Å². The fraction of sp³-hybridized carbons (Fsp3) is 0.462. The molecule has 0 spiro atoms. The molecule has 6 nitrogen and oxygen atoms in total. The van der Waals surface area contributed by atoms with Gasteiger partial charge in [-0.25, -0.2) is 0 Å². The molecule has 0 aliphatic heterocycles. The number of amides is 1. The number of carbonyl (C=O) groups excluding carboxylic acids is 1. The minimum absolute atomic E-state index is 0.0190. The molecule has 102 valence electrons. The third-order valence-electron chi connectivity index (χ3n) is 3.43. The number of nitro benzene ring substituents is 1. The molecule has 1 aromatic rings. The van der Waals surface area contributed by atoms with Crippen LogP contribution in [-0.4, -0.2) is 22.5 Å². The van der Waals surface area contributed by atoms with Gasteiger partial charge in [-0.2, -0.15) is 0 Å². The maximum atomic E-state index is 11.6. The van der Waals surface area contributed by atoms with Crippen LogP contribution in [0.4, 0.5) is 5.69 Å². The fourth-order valence-electron chi connectivity index (χ4n) is 1.95. The Morgan fingerprint density at radius 1 is 1.42 bits per heavy atom. The van der Waals surface area contributed by atoms with E-state index in [4.69, 9.17) is 0 Å². The number of non-ortho nitro benzene ring substituents is 1. The molecule has 0 aromatic heterocycles. The number of nitrogens with zero attached hydrogens (tertiary/aromatic N) is 1. The van der Waals surface area contributed by atoms with E-state index in [1.165, 1.54) is 24.3 Å². The van der Waals surface area contributed by atoms with Gasteiger partial charge in [0.05, 0.1) is 11.0 Å². The first-order valence-electron chi connectivity index (χ1n) is 6.28. The van der Waals surface area contributed by atoms with Crippen molar-refractivity contribution in [2.75, 3.05) is 6.54 Å². The number of carbonyl (C=O) groups is 1. The largest absolute Gasteiger partial charge is 0.387 e. The second-order valence-corrected chi connectivity index (χ2v) is 4.74. The lowest BCUT2D eigenvalue weighted by Crippen LogP contribution is -2.36. The first-order valence-corrected chi connectivity index (χ1v) is 6.28. The van der Waals surface area contributed by atoms with Gasteiger partial charge < -0.3 is 10.4 Å². The highest BCUT2D eigenvalue weighted by Gasteiger charge is 2.25. The van der Waals surface area contributed by atoms with Crippen LogP contribution in [0.3, 0.4) is 0 Å². The molecule has 6 heteroatoms. The van der Waals surface area contributed by atoms with Gasteiger partial charge in [-0.1, -0.05) is 6.42 Å². The van der Waals surface area contributed by atoms with Crippen molar-refractivity contribution in [2.45, 2.75) is 25.4 Å². The molecule has 0 unspecified atom stereocenters. The van der Waals surface area contributed by atoms with E-state index in [-0.39, 0.29) is 24.1 Å². The van der Waals surface area contributed by atoms with Crippen molar-refractivity contribution in [3.8, 4) is 0 Å². The second-order valence-electron chi connectivity index (χ2n) is 4.74. The Kier molecular flexibility index (Phi) is 4.11. The van der Waals surface area contributed by atoms with Crippen LogP contribution in [-0.2, 0) is 4.79 Å². The molecular formula is C13H16N2O4. The standard InChI is InChI=1S/C13H16N2O4/c16-12(8-14-13(17)10-2-1-3-10)9-4-6-11(7-5-9)15(18)19/h4-7,10,12,16H,1-3,8H2,(H,14,17)/t12-/m1/s1. The van der Waals surface area contributed by atoms with Gasteiger partial charge in [0.25, 0.3) is 5.69 Å². The van der Waals surface area contributed by atoms with Crippen molar-refractivity contribution in [1.29, 1.82) is 0 Å². The Bertz CT molecular complexity index is 468. The molecule has 2 rings (SSSR count). The van der Waals surface area contributed by atoms with Gasteiger partial charge >= 0.3 is 0 Å². The molecule has 0 saturated heterocycles. The minimum Gasteiger partial charge on any atom is -0.387 e. The third kappa shape index (κ3) is 3.29. The normalized spacial score (nSPS) is 16.5. The Morgan fingerprint density at radius 3 is 2.53 bits per heavy atom. The Balaban J connectivity index is 1.86. The predicted octanol–water partition coefficient (Wildman–Crippen LogP) is 1.54. The predicted molar refractivity (Wildman–Crippen MR) is 68.4 cm³/mol. The molecule has 1 aliphatic rings. The number of benzene rings is 1. The minimum atomic E-state index is -0.843. The topological polar surface area (TPSA) is 92.5 Å². The molecule has 0 radical (unpaired) electrons. The van der Waals surface area contributed by atoms with Crippen molar-refractivity contribution in [2.24, 2.45) is 5.92 Å². The van der Waals surface area contributed by atoms with Crippen LogP contribution in [0.2, 0.25) is 0 Å². The van der Waals surface area contributed by atoms with Crippen molar-refractivity contribution >= 4 is 11.6 Å². The average molecular weight is 264 g/mol. The molecule has 1 aliphatic carbocycles. The molecule has 1 aromatic carbocycles. The lowest BCUT2D eigenvalue weighted by Gasteiger charge is -2.24. The van der Waals surface area contributed by atoms with Crippen LogP contribution in [0.25, 0.3) is 0 Å². The van der Waals surface area contributed by atoms with Crippen molar-refractivity contribution in [3.63, 3.8) is 0 Å². The first-order chi connectivity index (χ1) is 9.08. The van der Waals surface area contributed by atoms with Crippen molar-refractivity contribution in [1.82, 2.24) is 5.32 Å². The zero-order valence-electron chi connectivity index (χ0n) is 10.4. The van der Waals surface area contributed by atoms with E-state index >= 15 is 0 Å². The zero-order chi connectivity index (χ0) is 13.8. The average Bonchev–Trinajstić information content (AvgIpc) is 2.34. The summed E-state index contributed by atoms with van der Waals surface area (Å²) in [4.78, 5) is 21.6. The highest BCUT2D eigenvalue weighted by atomic mass is 16.6. The monoisotopic (exact) mass is 264 g/mol. The molecular weight excluding hydrogens is 248 g/mol. The van der Waals surface area contributed by atoms with E-state index < -0.39 is 11.0 Å². The maximum Gasteiger partial charge on any atom is 0.269 e. The van der Waals surface area contributed by atoms with E-state index in [0.717, 1.165) is 19.3 Å². The molecule has 1 amide bonds. The van der Waals surface area contributed by atoms with E-state index in [0.29, 0.717) is 5.56 Å². The molecule has 19 heavy (non-hydrogen) atoms. The number of nitrogens with one attached hydrogen (secondary N) is 1. The number of rotatable bonds is 5. The number of hydrogen-bond donors (Lipinski definition) is 2. The summed E-state index contributed by atoms with van der Waals surface area (Å²) in [5.74, 6) is 0.0660. The van der Waals surface area contributed by atoms with Crippen LogP contribution < -0.4 is 5.32 Å². The van der Waals surface area contributed by atoms with E-state index in [1.807, 2.05) is 0 Å². The summed E-state index contributed by atoms with van der Waals surface area (Å²) in [6.07, 6.45) is 2.08. The molecule has 1 atom stereocenters. The SMILES string of the molecule is O=C(NC[C@@H](O)c1ccc([N+](=O)[O-])cc1)C1CCC1. The van der Waals surface area contributed by atoms with Crippen molar-refractivity contribution in [3.05, 3.63) is 39.9 Å². The highest BCUT2D eigenvalue weighted by molar-refractivity contribution is 5.79. The Hall–Kier alpha value is -1.95. The summed E-state index contributed by atoms with van der Waals surface area (Å²) in [6, 6.07) is 5.68. The summed E-state index contributed by atoms with van der Waals surface area (Å²) in [5, 5.41) is 23.1. The van der Waals surface area contributed by atoms with E-state index in [1.54, 1.807) is 0 Å². The lowest BCUT2D eigenvalue weighted by molar-refractivity contribution is -0.384. The van der Waals surface area contributed by atoms with Gasteiger partial charge in [0, 0.05) is 24.6 Å². The first kappa shape index (κ1) is 13.5. The second kappa shape index (κ2) is 5.79. The molecule has 1 saturated carbocycles. The maximum absolute atomic E-state index is 11.6. The van der Waals surface area contributed by atoms with Gasteiger partial charge in [0.2, 0.25) is 5.91 Å². The third-order valence-corrected chi connectivity index (χ3v) is 3.43. The van der Waals surface area contributed by atoms with Gasteiger partial charge in [0.15, 0.2) is 0 Å². The van der Waals surface area contributed by atoms with E-state index in [9.17, 15) is 20.0 Å². The van der Waals surface area contributed by atoms with Gasteiger partial charge in [-0.15, -0.1) is 0 Å².